The van der Waals surface area contributed by atoms with E-state index in [-0.39, 0.29) is 18.5 Å². The molecule has 0 fully saturated rings. The van der Waals surface area contributed by atoms with Crippen LogP contribution < -0.4 is 5.32 Å². The van der Waals surface area contributed by atoms with E-state index in [0.717, 1.165) is 38.5 Å². The highest BCUT2D eigenvalue weighted by Crippen LogP contribution is 2.18. The number of hydrogen-bond donors (Lipinski definition) is 3. The first-order valence-corrected chi connectivity index (χ1v) is 30.9. The molecular formula is C62H121NO5. The van der Waals surface area contributed by atoms with Crippen LogP contribution in [0.2, 0.25) is 0 Å². The van der Waals surface area contributed by atoms with Gasteiger partial charge in [0.2, 0.25) is 5.91 Å². The number of allylic oxidation sites excluding steroid dienone is 2. The number of amides is 1. The van der Waals surface area contributed by atoms with Crippen molar-refractivity contribution in [3.63, 3.8) is 0 Å². The van der Waals surface area contributed by atoms with Gasteiger partial charge < -0.3 is 20.3 Å². The molecule has 0 aromatic carbocycles. The number of esters is 1. The zero-order valence-electron chi connectivity index (χ0n) is 46.1. The second-order valence-corrected chi connectivity index (χ2v) is 21.4. The Kier molecular flexibility index (Phi) is 57.0. The summed E-state index contributed by atoms with van der Waals surface area (Å²) in [6.45, 7) is 4.96. The van der Waals surface area contributed by atoms with Crippen molar-refractivity contribution in [3.8, 4) is 0 Å². The standard InChI is InChI=1S/C62H121NO5/c1-3-5-7-9-11-13-15-32-36-40-44-48-52-56-62(67)68-57-53-49-45-41-37-34-31-29-27-25-23-21-19-17-16-18-20-22-24-26-28-30-33-35-39-43-47-51-55-61(66)63-59(58-64)60(65)54-50-46-42-38-14-12-10-8-6-4-2/h16-17,59-60,64-65H,3-15,18-58H2,1-2H3,(H,63,66)/b17-16-. The lowest BCUT2D eigenvalue weighted by Crippen LogP contribution is -2.45. The van der Waals surface area contributed by atoms with E-state index in [0.29, 0.717) is 25.9 Å². The number of carbonyl (C=O) groups is 2. The van der Waals surface area contributed by atoms with Crippen molar-refractivity contribution < 1.29 is 24.5 Å². The monoisotopic (exact) mass is 960 g/mol. The Balaban J connectivity index is 3.34. The SMILES string of the molecule is CCCCCCCCCCCCCCCC(=O)OCCCCCCCCCCCCCC/C=C\CCCCCCCCCCCCCCC(=O)NC(CO)C(O)CCCCCCCCCCCC. The van der Waals surface area contributed by atoms with Crippen LogP contribution in [-0.4, -0.2) is 47.4 Å². The average molecular weight is 961 g/mol. The molecule has 0 aliphatic carbocycles. The lowest BCUT2D eigenvalue weighted by Gasteiger charge is -2.22. The van der Waals surface area contributed by atoms with E-state index in [9.17, 15) is 19.8 Å². The first-order chi connectivity index (χ1) is 33.5. The first-order valence-electron chi connectivity index (χ1n) is 30.9. The molecule has 0 aliphatic rings. The van der Waals surface area contributed by atoms with Gasteiger partial charge in [0.05, 0.1) is 25.4 Å². The maximum atomic E-state index is 12.4. The quantitative estimate of drug-likeness (QED) is 0.0321. The van der Waals surface area contributed by atoms with E-state index in [1.807, 2.05) is 0 Å². The molecule has 0 rings (SSSR count). The van der Waals surface area contributed by atoms with Crippen molar-refractivity contribution in [1.29, 1.82) is 0 Å². The summed E-state index contributed by atoms with van der Waals surface area (Å²) < 4.78 is 5.48. The summed E-state index contributed by atoms with van der Waals surface area (Å²) in [6.07, 6.45) is 69.5. The molecule has 6 heteroatoms. The molecular weight excluding hydrogens is 839 g/mol. The van der Waals surface area contributed by atoms with E-state index < -0.39 is 12.1 Å². The van der Waals surface area contributed by atoms with Crippen molar-refractivity contribution in [3.05, 3.63) is 12.2 Å². The third-order valence-electron chi connectivity index (χ3n) is 14.6. The first kappa shape index (κ1) is 66.6. The number of nitrogens with one attached hydrogen (secondary N) is 1. The number of carbonyl (C=O) groups excluding carboxylic acids is 2. The van der Waals surface area contributed by atoms with Crippen molar-refractivity contribution in [2.75, 3.05) is 13.2 Å². The van der Waals surface area contributed by atoms with E-state index in [4.69, 9.17) is 4.74 Å². The Morgan fingerprint density at radius 1 is 0.397 bits per heavy atom. The normalized spacial score (nSPS) is 12.6. The fourth-order valence-corrected chi connectivity index (χ4v) is 9.81. The molecule has 2 unspecified atom stereocenters. The van der Waals surface area contributed by atoms with Gasteiger partial charge in [0, 0.05) is 12.8 Å². The highest BCUT2D eigenvalue weighted by molar-refractivity contribution is 5.76. The fraction of sp³-hybridized carbons (Fsp3) is 0.935. The molecule has 2 atom stereocenters. The van der Waals surface area contributed by atoms with Crippen molar-refractivity contribution >= 4 is 11.9 Å². The predicted octanol–water partition coefficient (Wildman–Crippen LogP) is 19.2. The highest BCUT2D eigenvalue weighted by Gasteiger charge is 2.20. The zero-order valence-corrected chi connectivity index (χ0v) is 46.1. The second-order valence-electron chi connectivity index (χ2n) is 21.4. The van der Waals surface area contributed by atoms with Crippen LogP contribution in [0.15, 0.2) is 12.2 Å². The summed E-state index contributed by atoms with van der Waals surface area (Å²) in [5.41, 5.74) is 0. The molecule has 0 aromatic heterocycles. The number of ether oxygens (including phenoxy) is 1. The Morgan fingerprint density at radius 3 is 1.04 bits per heavy atom. The van der Waals surface area contributed by atoms with Gasteiger partial charge in [-0.25, -0.2) is 0 Å². The number of aliphatic hydroxyl groups excluding tert-OH is 2. The minimum absolute atomic E-state index is 0.0178. The van der Waals surface area contributed by atoms with Crippen LogP contribution in [0.1, 0.15) is 348 Å². The van der Waals surface area contributed by atoms with Crippen LogP contribution in [0.25, 0.3) is 0 Å². The number of rotatable bonds is 58. The summed E-state index contributed by atoms with van der Waals surface area (Å²) in [5, 5.41) is 23.2. The molecule has 0 spiro atoms. The largest absolute Gasteiger partial charge is 0.466 e. The van der Waals surface area contributed by atoms with Crippen LogP contribution >= 0.6 is 0 Å². The van der Waals surface area contributed by atoms with Crippen LogP contribution in [0.5, 0.6) is 0 Å². The van der Waals surface area contributed by atoms with Crippen LogP contribution in [0, 0.1) is 0 Å². The van der Waals surface area contributed by atoms with Crippen molar-refractivity contribution in [1.82, 2.24) is 5.32 Å². The smallest absolute Gasteiger partial charge is 0.305 e. The van der Waals surface area contributed by atoms with E-state index in [1.165, 1.54) is 276 Å². The molecule has 3 N–H and O–H groups in total. The molecule has 0 radical (unpaired) electrons. The van der Waals surface area contributed by atoms with Gasteiger partial charge in [-0.05, 0) is 51.4 Å². The van der Waals surface area contributed by atoms with Crippen LogP contribution in [0.4, 0.5) is 0 Å². The summed E-state index contributed by atoms with van der Waals surface area (Å²) in [6, 6.07) is -0.538. The molecule has 1 amide bonds. The summed E-state index contributed by atoms with van der Waals surface area (Å²) >= 11 is 0. The van der Waals surface area contributed by atoms with Gasteiger partial charge in [0.25, 0.3) is 0 Å². The zero-order chi connectivity index (χ0) is 49.3. The Bertz CT molecular complexity index is 1020. The average Bonchev–Trinajstić information content (AvgIpc) is 3.34. The molecule has 404 valence electrons. The minimum atomic E-state index is -0.661. The van der Waals surface area contributed by atoms with Gasteiger partial charge in [-0.2, -0.15) is 0 Å². The van der Waals surface area contributed by atoms with E-state index in [2.05, 4.69) is 31.3 Å². The molecule has 0 saturated carbocycles. The molecule has 0 saturated heterocycles. The number of aliphatic hydroxyl groups is 2. The van der Waals surface area contributed by atoms with Gasteiger partial charge in [0.15, 0.2) is 0 Å². The minimum Gasteiger partial charge on any atom is -0.466 e. The lowest BCUT2D eigenvalue weighted by atomic mass is 10.0. The molecule has 68 heavy (non-hydrogen) atoms. The van der Waals surface area contributed by atoms with E-state index >= 15 is 0 Å². The highest BCUT2D eigenvalue weighted by atomic mass is 16.5. The Labute approximate surface area is 425 Å². The maximum absolute atomic E-state index is 12.4. The van der Waals surface area contributed by atoms with Crippen LogP contribution in [0.3, 0.4) is 0 Å². The van der Waals surface area contributed by atoms with Gasteiger partial charge in [-0.3, -0.25) is 9.59 Å². The number of unbranched alkanes of at least 4 members (excludes halogenated alkanes) is 45. The molecule has 0 aromatic rings. The summed E-state index contributed by atoms with van der Waals surface area (Å²) in [7, 11) is 0. The molecule has 0 heterocycles. The predicted molar refractivity (Wildman–Crippen MR) is 297 cm³/mol. The molecule has 6 nitrogen and oxygen atoms in total. The van der Waals surface area contributed by atoms with Crippen molar-refractivity contribution in [2.24, 2.45) is 0 Å². The van der Waals surface area contributed by atoms with E-state index in [1.54, 1.807) is 0 Å². The fourth-order valence-electron chi connectivity index (χ4n) is 9.81. The Morgan fingerprint density at radius 2 is 0.691 bits per heavy atom. The molecule has 0 bridgehead atoms. The van der Waals surface area contributed by atoms with Gasteiger partial charge in [-0.15, -0.1) is 0 Å². The lowest BCUT2D eigenvalue weighted by molar-refractivity contribution is -0.143. The topological polar surface area (TPSA) is 95.9 Å². The Hall–Kier alpha value is -1.40. The maximum Gasteiger partial charge on any atom is 0.305 e. The summed E-state index contributed by atoms with van der Waals surface area (Å²) in [5.74, 6) is -0.0173. The second kappa shape index (κ2) is 58.2. The van der Waals surface area contributed by atoms with Gasteiger partial charge in [-0.1, -0.05) is 296 Å². The van der Waals surface area contributed by atoms with Gasteiger partial charge in [0.1, 0.15) is 0 Å². The van der Waals surface area contributed by atoms with Crippen molar-refractivity contribution in [2.45, 2.75) is 360 Å². The van der Waals surface area contributed by atoms with Gasteiger partial charge >= 0.3 is 5.97 Å². The third kappa shape index (κ3) is 53.9. The third-order valence-corrected chi connectivity index (χ3v) is 14.6. The number of hydrogen-bond acceptors (Lipinski definition) is 5. The summed E-state index contributed by atoms with van der Waals surface area (Å²) in [4.78, 5) is 24.5. The van der Waals surface area contributed by atoms with Crippen LogP contribution in [-0.2, 0) is 14.3 Å². The molecule has 0 aliphatic heterocycles.